The van der Waals surface area contributed by atoms with Crippen LogP contribution in [0.3, 0.4) is 0 Å². The summed E-state index contributed by atoms with van der Waals surface area (Å²) >= 11 is 0. The molecule has 1 unspecified atom stereocenters. The Kier molecular flexibility index (Phi) is 5.41. The maximum Gasteiger partial charge on any atom is 0.228 e. The van der Waals surface area contributed by atoms with Crippen molar-refractivity contribution in [3.8, 4) is 0 Å². The molecular formula is C23H23F3N6O3. The Morgan fingerprint density at radius 3 is 2.63 bits per heavy atom. The number of anilines is 1. The summed E-state index contributed by atoms with van der Waals surface area (Å²) < 4.78 is 47.4. The smallest absolute Gasteiger partial charge is 0.228 e. The molecule has 0 spiro atoms. The predicted molar refractivity (Wildman–Crippen MR) is 116 cm³/mol. The standard InChI is InChI=1S/C23H23F3N6O3/c1-12-9-32-18(10-30(12)19(33)6-14-4-15(24)21(26)16(25)5-14)17(8-27-32)31-11-23(3,7-20(31)34)22-28-13(2)35-29-22/h4-5,8,12H,6-7,9-11H2,1-3H3/t12-,23?/m0/s1. The maximum absolute atomic E-state index is 13.6. The fraction of sp³-hybridized carbons (Fsp3) is 0.435. The van der Waals surface area contributed by atoms with Gasteiger partial charge in [-0.3, -0.25) is 14.3 Å². The Balaban J connectivity index is 1.38. The number of hydrogen-bond acceptors (Lipinski definition) is 6. The number of aryl methyl sites for hydroxylation is 1. The Morgan fingerprint density at radius 2 is 1.97 bits per heavy atom. The van der Waals surface area contributed by atoms with Crippen LogP contribution in [-0.4, -0.2) is 49.2 Å². The molecule has 1 saturated heterocycles. The van der Waals surface area contributed by atoms with Crippen LogP contribution >= 0.6 is 0 Å². The summed E-state index contributed by atoms with van der Waals surface area (Å²) in [6.07, 6.45) is 1.50. The molecule has 0 radical (unpaired) electrons. The van der Waals surface area contributed by atoms with Gasteiger partial charge in [0.1, 0.15) is 0 Å². The first-order chi connectivity index (χ1) is 16.6. The van der Waals surface area contributed by atoms with Gasteiger partial charge in [0.25, 0.3) is 0 Å². The first-order valence-electron chi connectivity index (χ1n) is 11.1. The van der Waals surface area contributed by atoms with E-state index in [0.29, 0.717) is 36.2 Å². The van der Waals surface area contributed by atoms with E-state index < -0.39 is 22.9 Å². The highest BCUT2D eigenvalue weighted by Gasteiger charge is 2.46. The fourth-order valence-electron chi connectivity index (χ4n) is 4.77. The van der Waals surface area contributed by atoms with Gasteiger partial charge in [-0.05, 0) is 24.6 Å². The van der Waals surface area contributed by atoms with E-state index >= 15 is 0 Å². The zero-order chi connectivity index (χ0) is 25.1. The molecule has 0 N–H and O–H groups in total. The van der Waals surface area contributed by atoms with Gasteiger partial charge in [0.05, 0.1) is 42.5 Å². The van der Waals surface area contributed by atoms with Crippen molar-refractivity contribution in [2.45, 2.75) is 58.2 Å². The SMILES string of the molecule is Cc1nc(C2(C)CC(=O)N(c3cnn4c3CN(C(=O)Cc3cc(F)c(F)c(F)c3)[C@@H](C)C4)C2)no1. The second-order valence-corrected chi connectivity index (χ2v) is 9.43. The number of carbonyl (C=O) groups excluding carboxylic acids is 2. The number of benzene rings is 1. The molecule has 5 rings (SSSR count). The van der Waals surface area contributed by atoms with Gasteiger partial charge < -0.3 is 14.3 Å². The van der Waals surface area contributed by atoms with Crippen LogP contribution in [0.15, 0.2) is 22.9 Å². The van der Waals surface area contributed by atoms with E-state index in [1.165, 1.54) is 0 Å². The lowest BCUT2D eigenvalue weighted by molar-refractivity contribution is -0.134. The normalized spacial score (nSPS) is 22.1. The quantitative estimate of drug-likeness (QED) is 0.524. The van der Waals surface area contributed by atoms with Crippen molar-refractivity contribution in [1.82, 2.24) is 24.8 Å². The monoisotopic (exact) mass is 488 g/mol. The molecule has 3 aromatic rings. The van der Waals surface area contributed by atoms with Crippen LogP contribution in [0.4, 0.5) is 18.9 Å². The fourth-order valence-corrected chi connectivity index (χ4v) is 4.77. The van der Waals surface area contributed by atoms with Gasteiger partial charge in [-0.15, -0.1) is 0 Å². The summed E-state index contributed by atoms with van der Waals surface area (Å²) in [5.41, 5.74) is 0.661. The van der Waals surface area contributed by atoms with Crippen LogP contribution in [0.1, 0.15) is 43.2 Å². The van der Waals surface area contributed by atoms with Crippen molar-refractivity contribution in [3.05, 3.63) is 58.8 Å². The number of rotatable bonds is 4. The van der Waals surface area contributed by atoms with Gasteiger partial charge in [-0.2, -0.15) is 10.1 Å². The minimum atomic E-state index is -1.57. The third-order valence-electron chi connectivity index (χ3n) is 6.64. The molecule has 9 nitrogen and oxygen atoms in total. The highest BCUT2D eigenvalue weighted by Crippen LogP contribution is 2.38. The van der Waals surface area contributed by atoms with Gasteiger partial charge in [-0.1, -0.05) is 12.1 Å². The summed E-state index contributed by atoms with van der Waals surface area (Å²) in [6, 6.07) is 1.40. The highest BCUT2D eigenvalue weighted by atomic mass is 19.2. The van der Waals surface area contributed by atoms with Gasteiger partial charge in [-0.25, -0.2) is 13.2 Å². The van der Waals surface area contributed by atoms with E-state index in [1.807, 2.05) is 13.8 Å². The lowest BCUT2D eigenvalue weighted by Gasteiger charge is -2.35. The lowest BCUT2D eigenvalue weighted by atomic mass is 9.89. The summed E-state index contributed by atoms with van der Waals surface area (Å²) in [4.78, 5) is 33.5. The van der Waals surface area contributed by atoms with Crippen LogP contribution in [0.5, 0.6) is 0 Å². The van der Waals surface area contributed by atoms with E-state index in [0.717, 1.165) is 12.1 Å². The number of hydrogen-bond donors (Lipinski definition) is 0. The van der Waals surface area contributed by atoms with Crippen molar-refractivity contribution in [2.24, 2.45) is 0 Å². The van der Waals surface area contributed by atoms with Crippen LogP contribution < -0.4 is 4.90 Å². The maximum atomic E-state index is 13.6. The summed E-state index contributed by atoms with van der Waals surface area (Å²) in [7, 11) is 0. The van der Waals surface area contributed by atoms with Gasteiger partial charge in [0.15, 0.2) is 23.3 Å². The highest BCUT2D eigenvalue weighted by molar-refractivity contribution is 5.97. The van der Waals surface area contributed by atoms with Crippen LogP contribution in [0.2, 0.25) is 0 Å². The second-order valence-electron chi connectivity index (χ2n) is 9.43. The Morgan fingerprint density at radius 1 is 1.26 bits per heavy atom. The van der Waals surface area contributed by atoms with E-state index in [4.69, 9.17) is 4.52 Å². The zero-order valence-electron chi connectivity index (χ0n) is 19.4. The van der Waals surface area contributed by atoms with Crippen LogP contribution in [0, 0.1) is 24.4 Å². The third-order valence-corrected chi connectivity index (χ3v) is 6.64. The molecule has 2 aliphatic heterocycles. The van der Waals surface area contributed by atoms with E-state index in [9.17, 15) is 22.8 Å². The molecular weight excluding hydrogens is 465 g/mol. The molecule has 0 bridgehead atoms. The average Bonchev–Trinajstić information content (AvgIpc) is 3.48. The molecule has 2 atom stereocenters. The first kappa shape index (κ1) is 23.1. The van der Waals surface area contributed by atoms with E-state index in [-0.39, 0.29) is 42.8 Å². The third kappa shape index (κ3) is 3.96. The van der Waals surface area contributed by atoms with Crippen molar-refractivity contribution in [2.75, 3.05) is 11.4 Å². The second kappa shape index (κ2) is 8.21. The molecule has 35 heavy (non-hydrogen) atoms. The number of halogens is 3. The molecule has 4 heterocycles. The van der Waals surface area contributed by atoms with Crippen molar-refractivity contribution in [3.63, 3.8) is 0 Å². The van der Waals surface area contributed by atoms with E-state index in [1.54, 1.807) is 27.6 Å². The van der Waals surface area contributed by atoms with Gasteiger partial charge >= 0.3 is 0 Å². The number of fused-ring (bicyclic) bond motifs is 1. The van der Waals surface area contributed by atoms with Crippen molar-refractivity contribution in [1.29, 1.82) is 0 Å². The Hall–Kier alpha value is -3.70. The topological polar surface area (TPSA) is 97.4 Å². The van der Waals surface area contributed by atoms with Gasteiger partial charge in [0, 0.05) is 25.9 Å². The minimum Gasteiger partial charge on any atom is -0.340 e. The minimum absolute atomic E-state index is 0.0406. The number of aromatic nitrogens is 4. The number of carbonyl (C=O) groups is 2. The molecule has 0 saturated carbocycles. The molecule has 12 heteroatoms. The number of nitrogens with zero attached hydrogens (tertiary/aromatic N) is 6. The van der Waals surface area contributed by atoms with Crippen molar-refractivity contribution >= 4 is 17.5 Å². The summed E-state index contributed by atoms with van der Waals surface area (Å²) in [5, 5.41) is 8.41. The first-order valence-corrected chi connectivity index (χ1v) is 11.1. The summed E-state index contributed by atoms with van der Waals surface area (Å²) in [5.74, 6) is -3.88. The van der Waals surface area contributed by atoms with E-state index in [2.05, 4.69) is 15.2 Å². The Labute approximate surface area is 198 Å². The predicted octanol–water partition coefficient (Wildman–Crippen LogP) is 2.66. The van der Waals surface area contributed by atoms with Crippen molar-refractivity contribution < 1.29 is 27.3 Å². The molecule has 1 aromatic carbocycles. The lowest BCUT2D eigenvalue weighted by Crippen LogP contribution is -2.46. The Bertz CT molecular complexity index is 1310. The average molecular weight is 488 g/mol. The molecule has 184 valence electrons. The summed E-state index contributed by atoms with van der Waals surface area (Å²) in [6.45, 7) is 6.28. The molecule has 2 amide bonds. The van der Waals surface area contributed by atoms with Gasteiger partial charge in [0.2, 0.25) is 17.7 Å². The molecule has 0 aliphatic carbocycles. The number of amides is 2. The zero-order valence-corrected chi connectivity index (χ0v) is 19.4. The molecule has 1 fully saturated rings. The largest absolute Gasteiger partial charge is 0.340 e. The molecule has 2 aliphatic rings. The van der Waals surface area contributed by atoms with Crippen LogP contribution in [0.25, 0.3) is 0 Å². The molecule has 2 aromatic heterocycles. The van der Waals surface area contributed by atoms with Crippen LogP contribution in [-0.2, 0) is 34.5 Å².